The van der Waals surface area contributed by atoms with Gasteiger partial charge in [0.25, 0.3) is 0 Å². The van der Waals surface area contributed by atoms with Crippen LogP contribution in [0.5, 0.6) is 0 Å². The van der Waals surface area contributed by atoms with E-state index in [0.717, 1.165) is 25.3 Å². The molecule has 0 N–H and O–H groups in total. The van der Waals surface area contributed by atoms with Gasteiger partial charge in [-0.1, -0.05) is 67.1 Å². The number of aryl methyl sites for hydroxylation is 1. The third-order valence-corrected chi connectivity index (χ3v) is 8.25. The van der Waals surface area contributed by atoms with Gasteiger partial charge in [0.1, 0.15) is 5.60 Å². The van der Waals surface area contributed by atoms with E-state index in [0.29, 0.717) is 11.8 Å². The number of amides is 1. The summed E-state index contributed by atoms with van der Waals surface area (Å²) < 4.78 is 5.69. The summed E-state index contributed by atoms with van der Waals surface area (Å²) in [6.07, 6.45) is 8.35. The maximum absolute atomic E-state index is 12.8. The molecule has 1 aliphatic heterocycles. The Morgan fingerprint density at radius 2 is 1.61 bits per heavy atom. The Kier molecular flexibility index (Phi) is 9.11. The predicted octanol–water partition coefficient (Wildman–Crippen LogP) is 7.15. The summed E-state index contributed by atoms with van der Waals surface area (Å²) in [5.74, 6) is 1.92. The fourth-order valence-electron chi connectivity index (χ4n) is 6.23. The van der Waals surface area contributed by atoms with E-state index in [9.17, 15) is 4.79 Å². The summed E-state index contributed by atoms with van der Waals surface area (Å²) in [5.41, 5.74) is 2.42. The average Bonchev–Trinajstić information content (AvgIpc) is 3.28. The van der Waals surface area contributed by atoms with Gasteiger partial charge in [-0.05, 0) is 101 Å². The van der Waals surface area contributed by atoms with Gasteiger partial charge >= 0.3 is 6.09 Å². The fourth-order valence-corrected chi connectivity index (χ4v) is 6.23. The number of benzene rings is 2. The zero-order valence-corrected chi connectivity index (χ0v) is 22.9. The maximum Gasteiger partial charge on any atom is 0.410 e. The summed E-state index contributed by atoms with van der Waals surface area (Å²) in [7, 11) is 1.92. The number of carbonyl (C=O) groups is 1. The van der Waals surface area contributed by atoms with Crippen LogP contribution >= 0.6 is 0 Å². The van der Waals surface area contributed by atoms with Gasteiger partial charge in [-0.2, -0.15) is 0 Å². The van der Waals surface area contributed by atoms with Crippen molar-refractivity contribution in [3.63, 3.8) is 0 Å². The number of likely N-dealkylation sites (tertiary alicyclic amines) is 1. The van der Waals surface area contributed by atoms with Crippen LogP contribution in [0.3, 0.4) is 0 Å². The summed E-state index contributed by atoms with van der Waals surface area (Å²) in [5, 5.41) is 0. The lowest BCUT2D eigenvalue weighted by Crippen LogP contribution is -2.40. The first-order chi connectivity index (χ1) is 17.3. The summed E-state index contributed by atoms with van der Waals surface area (Å²) in [6.45, 7) is 9.37. The molecular formula is C32H46N2O2. The van der Waals surface area contributed by atoms with Crippen LogP contribution < -0.4 is 0 Å². The molecule has 1 saturated heterocycles. The maximum atomic E-state index is 12.8. The molecule has 4 nitrogen and oxygen atoms in total. The van der Waals surface area contributed by atoms with E-state index < -0.39 is 5.60 Å². The molecule has 4 rings (SSSR count). The molecule has 0 aromatic heterocycles. The highest BCUT2D eigenvalue weighted by Crippen LogP contribution is 2.42. The Morgan fingerprint density at radius 1 is 0.972 bits per heavy atom. The third kappa shape index (κ3) is 7.59. The molecule has 2 aliphatic rings. The van der Waals surface area contributed by atoms with Gasteiger partial charge < -0.3 is 14.5 Å². The Labute approximate surface area is 219 Å². The summed E-state index contributed by atoms with van der Waals surface area (Å²) in [6, 6.07) is 22.1. The zero-order valence-electron chi connectivity index (χ0n) is 22.9. The normalized spacial score (nSPS) is 23.5. The van der Waals surface area contributed by atoms with Crippen molar-refractivity contribution in [2.24, 2.45) is 11.8 Å². The van der Waals surface area contributed by atoms with Gasteiger partial charge in [0.2, 0.25) is 0 Å². The quantitative estimate of drug-likeness (QED) is 0.394. The second kappa shape index (κ2) is 12.3. The van der Waals surface area contributed by atoms with Crippen molar-refractivity contribution in [1.82, 2.24) is 9.80 Å². The molecule has 1 amide bonds. The Balaban J connectivity index is 1.30. The second-order valence-corrected chi connectivity index (χ2v) is 12.1. The molecule has 0 bridgehead atoms. The largest absolute Gasteiger partial charge is 0.444 e. The highest BCUT2D eigenvalue weighted by atomic mass is 16.6. The monoisotopic (exact) mass is 490 g/mol. The molecule has 196 valence electrons. The number of hydrogen-bond donors (Lipinski definition) is 0. The van der Waals surface area contributed by atoms with Crippen molar-refractivity contribution in [3.8, 4) is 0 Å². The summed E-state index contributed by atoms with van der Waals surface area (Å²) in [4.78, 5) is 17.4. The van der Waals surface area contributed by atoms with Crippen molar-refractivity contribution in [2.45, 2.75) is 83.3 Å². The number of piperidine rings is 1. The van der Waals surface area contributed by atoms with Gasteiger partial charge in [-0.15, -0.1) is 0 Å². The number of ether oxygens (including phenoxy) is 1. The molecule has 2 aromatic carbocycles. The smallest absolute Gasteiger partial charge is 0.410 e. The lowest BCUT2D eigenvalue weighted by atomic mass is 9.87. The van der Waals surface area contributed by atoms with Crippen LogP contribution in [0.2, 0.25) is 0 Å². The molecule has 1 saturated carbocycles. The first kappa shape index (κ1) is 26.7. The molecule has 2 aromatic rings. The van der Waals surface area contributed by atoms with E-state index in [-0.39, 0.29) is 12.1 Å². The van der Waals surface area contributed by atoms with Gasteiger partial charge in [0, 0.05) is 19.6 Å². The van der Waals surface area contributed by atoms with E-state index in [1.165, 1.54) is 56.3 Å². The van der Waals surface area contributed by atoms with E-state index in [4.69, 9.17) is 4.74 Å². The molecule has 3 atom stereocenters. The van der Waals surface area contributed by atoms with Crippen molar-refractivity contribution in [3.05, 3.63) is 71.8 Å². The molecule has 3 unspecified atom stereocenters. The van der Waals surface area contributed by atoms with Crippen LogP contribution in [0.25, 0.3) is 0 Å². The van der Waals surface area contributed by atoms with Crippen LogP contribution in [0.1, 0.15) is 76.3 Å². The van der Waals surface area contributed by atoms with Gasteiger partial charge in [0.05, 0.1) is 0 Å². The van der Waals surface area contributed by atoms with Crippen LogP contribution in [0.15, 0.2) is 60.7 Å². The first-order valence-electron chi connectivity index (χ1n) is 14.1. The van der Waals surface area contributed by atoms with Crippen molar-refractivity contribution < 1.29 is 9.53 Å². The molecule has 0 radical (unpaired) electrons. The van der Waals surface area contributed by atoms with Crippen LogP contribution in [-0.2, 0) is 11.2 Å². The number of hydrogen-bond acceptors (Lipinski definition) is 3. The SMILES string of the molecule is CN(C(=O)OC(C)(C)C)C1CC(CN2CCC(CCCc3ccccc3)CC2)C(c2ccccc2)C1. The second-order valence-electron chi connectivity index (χ2n) is 12.1. The lowest BCUT2D eigenvalue weighted by Gasteiger charge is -2.35. The Morgan fingerprint density at radius 3 is 2.25 bits per heavy atom. The Hall–Kier alpha value is -2.33. The van der Waals surface area contributed by atoms with Gasteiger partial charge in [-0.3, -0.25) is 0 Å². The predicted molar refractivity (Wildman–Crippen MR) is 148 cm³/mol. The number of nitrogens with zero attached hydrogens (tertiary/aromatic N) is 2. The standard InChI is InChI=1S/C32H46N2O2/c1-32(2,3)36-31(35)33(4)29-22-28(30(23-29)27-16-9-6-10-17-27)24-34-20-18-26(19-21-34)15-11-14-25-12-7-5-8-13-25/h5-10,12-13,16-17,26,28-30H,11,14-15,18-24H2,1-4H3. The van der Waals surface area contributed by atoms with Crippen molar-refractivity contribution in [1.29, 1.82) is 0 Å². The average molecular weight is 491 g/mol. The molecule has 4 heteroatoms. The lowest BCUT2D eigenvalue weighted by molar-refractivity contribution is 0.0221. The number of rotatable bonds is 8. The molecule has 1 heterocycles. The summed E-state index contributed by atoms with van der Waals surface area (Å²) >= 11 is 0. The van der Waals surface area contributed by atoms with E-state index in [1.54, 1.807) is 0 Å². The molecule has 36 heavy (non-hydrogen) atoms. The molecule has 1 aliphatic carbocycles. The minimum Gasteiger partial charge on any atom is -0.444 e. The van der Waals surface area contributed by atoms with Gasteiger partial charge in [0.15, 0.2) is 0 Å². The Bertz CT molecular complexity index is 932. The van der Waals surface area contributed by atoms with Crippen molar-refractivity contribution in [2.75, 3.05) is 26.7 Å². The topological polar surface area (TPSA) is 32.8 Å². The highest BCUT2D eigenvalue weighted by molar-refractivity contribution is 5.68. The third-order valence-electron chi connectivity index (χ3n) is 8.25. The van der Waals surface area contributed by atoms with Crippen LogP contribution in [0.4, 0.5) is 4.79 Å². The molecule has 0 spiro atoms. The van der Waals surface area contributed by atoms with Crippen LogP contribution in [-0.4, -0.2) is 54.2 Å². The minimum atomic E-state index is -0.465. The zero-order chi connectivity index (χ0) is 25.5. The van der Waals surface area contributed by atoms with E-state index in [1.807, 2.05) is 32.7 Å². The minimum absolute atomic E-state index is 0.198. The van der Waals surface area contributed by atoms with Gasteiger partial charge in [-0.25, -0.2) is 4.79 Å². The molecule has 2 fully saturated rings. The first-order valence-corrected chi connectivity index (χ1v) is 14.1. The fraction of sp³-hybridized carbons (Fsp3) is 0.594. The van der Waals surface area contributed by atoms with E-state index in [2.05, 4.69) is 65.6 Å². The number of carbonyl (C=O) groups excluding carboxylic acids is 1. The van der Waals surface area contributed by atoms with Crippen LogP contribution in [0, 0.1) is 11.8 Å². The van der Waals surface area contributed by atoms with Crippen molar-refractivity contribution >= 4 is 6.09 Å². The van der Waals surface area contributed by atoms with E-state index >= 15 is 0 Å². The molecular weight excluding hydrogens is 444 g/mol. The highest BCUT2D eigenvalue weighted by Gasteiger charge is 2.40.